The number of nitro groups is 2. The number of piperidine rings is 1. The number of anilines is 1. The van der Waals surface area contributed by atoms with Crippen LogP contribution in [-0.4, -0.2) is 40.9 Å². The van der Waals surface area contributed by atoms with E-state index in [0.717, 1.165) is 25.7 Å². The predicted octanol–water partition coefficient (Wildman–Crippen LogP) is 3.04. The van der Waals surface area contributed by atoms with E-state index >= 15 is 0 Å². The van der Waals surface area contributed by atoms with Crippen LogP contribution in [0.3, 0.4) is 0 Å². The molecular weight excluding hydrogens is 300 g/mol. The standard InChI is InChI=1S/C15H22N4O4/c1-12(11-17-7-3-2-4-8-17)10-16-14-6-5-13(18(20)21)9-15(14)19(22)23/h5-6,9,12,16H,2-4,7-8,10-11H2,1H3/t12-/m0/s1. The molecule has 0 spiro atoms. The Balaban J connectivity index is 1.96. The van der Waals surface area contributed by atoms with Gasteiger partial charge >= 0.3 is 0 Å². The van der Waals surface area contributed by atoms with Gasteiger partial charge in [0.05, 0.1) is 15.9 Å². The monoisotopic (exact) mass is 322 g/mol. The number of hydrogen-bond acceptors (Lipinski definition) is 6. The molecular formula is C15H22N4O4. The van der Waals surface area contributed by atoms with Crippen molar-refractivity contribution in [3.05, 3.63) is 38.4 Å². The molecule has 0 bridgehead atoms. The molecule has 1 atom stereocenters. The number of nitrogens with one attached hydrogen (secondary N) is 1. The summed E-state index contributed by atoms with van der Waals surface area (Å²) in [5.41, 5.74) is -0.209. The molecule has 1 aliphatic heterocycles. The first-order chi connectivity index (χ1) is 11.0. The molecule has 2 rings (SSSR count). The molecule has 0 aromatic heterocycles. The quantitative estimate of drug-likeness (QED) is 0.611. The van der Waals surface area contributed by atoms with Gasteiger partial charge in [0.1, 0.15) is 5.69 Å². The zero-order valence-corrected chi connectivity index (χ0v) is 13.2. The lowest BCUT2D eigenvalue weighted by Gasteiger charge is -2.29. The highest BCUT2D eigenvalue weighted by molar-refractivity contribution is 5.65. The normalized spacial score (nSPS) is 16.7. The Morgan fingerprint density at radius 2 is 1.87 bits per heavy atom. The highest BCUT2D eigenvalue weighted by Gasteiger charge is 2.20. The largest absolute Gasteiger partial charge is 0.379 e. The van der Waals surface area contributed by atoms with Crippen molar-refractivity contribution in [2.45, 2.75) is 26.2 Å². The van der Waals surface area contributed by atoms with Crippen LogP contribution in [0.2, 0.25) is 0 Å². The number of rotatable bonds is 7. The summed E-state index contributed by atoms with van der Waals surface area (Å²) in [5, 5.41) is 24.9. The predicted molar refractivity (Wildman–Crippen MR) is 87.7 cm³/mol. The molecule has 1 saturated heterocycles. The van der Waals surface area contributed by atoms with Crippen LogP contribution in [0.4, 0.5) is 17.1 Å². The van der Waals surface area contributed by atoms with E-state index in [1.165, 1.54) is 31.4 Å². The van der Waals surface area contributed by atoms with Crippen molar-refractivity contribution in [2.24, 2.45) is 5.92 Å². The van der Waals surface area contributed by atoms with E-state index < -0.39 is 9.85 Å². The number of likely N-dealkylation sites (tertiary alicyclic amines) is 1. The Kier molecular flexibility index (Phi) is 5.86. The Morgan fingerprint density at radius 3 is 2.48 bits per heavy atom. The van der Waals surface area contributed by atoms with E-state index in [-0.39, 0.29) is 11.4 Å². The second-order valence-electron chi connectivity index (χ2n) is 6.06. The maximum absolute atomic E-state index is 11.1. The Morgan fingerprint density at radius 1 is 1.17 bits per heavy atom. The van der Waals surface area contributed by atoms with Crippen molar-refractivity contribution >= 4 is 17.1 Å². The molecule has 1 aromatic rings. The maximum atomic E-state index is 11.1. The first-order valence-corrected chi connectivity index (χ1v) is 7.86. The summed E-state index contributed by atoms with van der Waals surface area (Å²) in [7, 11) is 0. The SMILES string of the molecule is C[C@@H](CNc1ccc([N+](=O)[O-])cc1[N+](=O)[O-])CN1CCCCC1. The van der Waals surface area contributed by atoms with E-state index in [1.54, 1.807) is 0 Å². The van der Waals surface area contributed by atoms with Crippen LogP contribution >= 0.6 is 0 Å². The molecule has 1 aliphatic rings. The van der Waals surface area contributed by atoms with E-state index in [4.69, 9.17) is 0 Å². The zero-order chi connectivity index (χ0) is 16.8. The van der Waals surface area contributed by atoms with Crippen molar-refractivity contribution < 1.29 is 9.85 Å². The van der Waals surface area contributed by atoms with Gasteiger partial charge in [-0.05, 0) is 37.9 Å². The lowest BCUT2D eigenvalue weighted by Crippen LogP contribution is -2.35. The van der Waals surface area contributed by atoms with Gasteiger partial charge in [-0.1, -0.05) is 13.3 Å². The molecule has 126 valence electrons. The average molecular weight is 322 g/mol. The lowest BCUT2D eigenvalue weighted by molar-refractivity contribution is -0.393. The van der Waals surface area contributed by atoms with Gasteiger partial charge in [-0.15, -0.1) is 0 Å². The minimum atomic E-state index is -0.629. The van der Waals surface area contributed by atoms with Crippen LogP contribution in [0.15, 0.2) is 18.2 Å². The topological polar surface area (TPSA) is 102 Å². The maximum Gasteiger partial charge on any atom is 0.299 e. The first kappa shape index (κ1) is 17.1. The third kappa shape index (κ3) is 4.88. The van der Waals surface area contributed by atoms with Crippen LogP contribution in [0, 0.1) is 26.1 Å². The lowest BCUT2D eigenvalue weighted by atomic mass is 10.1. The Hall–Kier alpha value is -2.22. The van der Waals surface area contributed by atoms with Crippen molar-refractivity contribution in [3.63, 3.8) is 0 Å². The molecule has 0 aliphatic carbocycles. The summed E-state index contributed by atoms with van der Waals surface area (Å²) >= 11 is 0. The van der Waals surface area contributed by atoms with E-state index in [2.05, 4.69) is 17.1 Å². The first-order valence-electron chi connectivity index (χ1n) is 7.86. The van der Waals surface area contributed by atoms with Crippen LogP contribution in [0.25, 0.3) is 0 Å². The van der Waals surface area contributed by atoms with Crippen molar-refractivity contribution in [1.29, 1.82) is 0 Å². The van der Waals surface area contributed by atoms with E-state index in [9.17, 15) is 20.2 Å². The van der Waals surface area contributed by atoms with E-state index in [0.29, 0.717) is 18.2 Å². The Labute approximate surface area is 134 Å². The molecule has 0 unspecified atom stereocenters. The summed E-state index contributed by atoms with van der Waals surface area (Å²) in [6.07, 6.45) is 3.75. The molecule has 8 nitrogen and oxygen atoms in total. The fourth-order valence-electron chi connectivity index (χ4n) is 2.87. The minimum absolute atomic E-state index is 0.260. The summed E-state index contributed by atoms with van der Waals surface area (Å²) in [6, 6.07) is 3.69. The van der Waals surface area contributed by atoms with Crippen LogP contribution in [0.1, 0.15) is 26.2 Å². The number of nitrogens with zero attached hydrogens (tertiary/aromatic N) is 3. The minimum Gasteiger partial charge on any atom is -0.379 e. The zero-order valence-electron chi connectivity index (χ0n) is 13.2. The summed E-state index contributed by atoms with van der Waals surface area (Å²) in [5.74, 6) is 0.336. The second-order valence-corrected chi connectivity index (χ2v) is 6.06. The van der Waals surface area contributed by atoms with E-state index in [1.807, 2.05) is 0 Å². The van der Waals surface area contributed by atoms with Crippen molar-refractivity contribution in [1.82, 2.24) is 4.90 Å². The van der Waals surface area contributed by atoms with Gasteiger partial charge in [-0.2, -0.15) is 0 Å². The van der Waals surface area contributed by atoms with Crippen molar-refractivity contribution in [3.8, 4) is 0 Å². The molecule has 0 radical (unpaired) electrons. The molecule has 0 amide bonds. The van der Waals surface area contributed by atoms with Gasteiger partial charge in [0.2, 0.25) is 0 Å². The van der Waals surface area contributed by atoms with Gasteiger partial charge in [-0.25, -0.2) is 0 Å². The molecule has 1 fully saturated rings. The Bertz CT molecular complexity index is 573. The average Bonchev–Trinajstić information content (AvgIpc) is 2.53. The number of hydrogen-bond donors (Lipinski definition) is 1. The molecule has 8 heteroatoms. The third-order valence-corrected chi connectivity index (χ3v) is 4.05. The number of nitro benzene ring substituents is 2. The fourth-order valence-corrected chi connectivity index (χ4v) is 2.87. The van der Waals surface area contributed by atoms with Crippen LogP contribution in [0.5, 0.6) is 0 Å². The summed E-state index contributed by atoms with van der Waals surface area (Å²) < 4.78 is 0. The third-order valence-electron chi connectivity index (χ3n) is 4.05. The molecule has 23 heavy (non-hydrogen) atoms. The highest BCUT2D eigenvalue weighted by Crippen LogP contribution is 2.29. The molecule has 1 aromatic carbocycles. The van der Waals surface area contributed by atoms with Gasteiger partial charge in [0, 0.05) is 19.2 Å². The van der Waals surface area contributed by atoms with Gasteiger partial charge in [-0.3, -0.25) is 20.2 Å². The summed E-state index contributed by atoms with van der Waals surface area (Å²) in [6.45, 7) is 5.87. The molecule has 0 saturated carbocycles. The fraction of sp³-hybridized carbons (Fsp3) is 0.600. The van der Waals surface area contributed by atoms with Crippen molar-refractivity contribution in [2.75, 3.05) is 31.5 Å². The van der Waals surface area contributed by atoms with Crippen LogP contribution < -0.4 is 5.32 Å². The summed E-state index contributed by atoms with van der Waals surface area (Å²) in [4.78, 5) is 23.0. The van der Waals surface area contributed by atoms with Crippen LogP contribution in [-0.2, 0) is 0 Å². The van der Waals surface area contributed by atoms with Gasteiger partial charge in [0.25, 0.3) is 11.4 Å². The second kappa shape index (κ2) is 7.87. The number of benzene rings is 1. The highest BCUT2D eigenvalue weighted by atomic mass is 16.6. The smallest absolute Gasteiger partial charge is 0.299 e. The molecule has 1 N–H and O–H groups in total. The molecule has 1 heterocycles. The van der Waals surface area contributed by atoms with Gasteiger partial charge in [0.15, 0.2) is 0 Å². The number of non-ortho nitro benzene ring substituents is 1. The van der Waals surface area contributed by atoms with Gasteiger partial charge < -0.3 is 10.2 Å².